The number of hydrogen-bond acceptors (Lipinski definition) is 5. The van der Waals surface area contributed by atoms with Crippen LogP contribution in [0.5, 0.6) is 0 Å². The predicted octanol–water partition coefficient (Wildman–Crippen LogP) is 1.23. The molecule has 17 heavy (non-hydrogen) atoms. The summed E-state index contributed by atoms with van der Waals surface area (Å²) in [5, 5.41) is 6.30. The second kappa shape index (κ2) is 4.83. The number of nitrogens with zero attached hydrogens (tertiary/aromatic N) is 2. The molecule has 0 spiro atoms. The van der Waals surface area contributed by atoms with Crippen molar-refractivity contribution < 1.29 is 9.32 Å². The Morgan fingerprint density at radius 2 is 2.18 bits per heavy atom. The van der Waals surface area contributed by atoms with Crippen molar-refractivity contribution in [2.45, 2.75) is 39.0 Å². The van der Waals surface area contributed by atoms with Crippen molar-refractivity contribution in [1.82, 2.24) is 10.1 Å². The average Bonchev–Trinajstić information content (AvgIpc) is 2.75. The molecule has 0 bridgehead atoms. The number of amides is 1. The van der Waals surface area contributed by atoms with Gasteiger partial charge in [-0.1, -0.05) is 24.4 Å². The second-order valence-corrected chi connectivity index (χ2v) is 4.65. The maximum Gasteiger partial charge on any atom is 0.328 e. The van der Waals surface area contributed by atoms with E-state index < -0.39 is 5.41 Å². The molecular weight excluding hydrogens is 220 g/mol. The number of nitrogens with one attached hydrogen (secondary N) is 1. The fraction of sp³-hybridized carbons (Fsp3) is 0.727. The lowest BCUT2D eigenvalue weighted by Gasteiger charge is -2.33. The molecule has 0 aliphatic heterocycles. The lowest BCUT2D eigenvalue weighted by atomic mass is 9.73. The molecular formula is C11H18N4O2. The van der Waals surface area contributed by atoms with E-state index in [2.05, 4.69) is 15.5 Å². The third kappa shape index (κ3) is 2.46. The summed E-state index contributed by atoms with van der Waals surface area (Å²) < 4.78 is 4.88. The Hall–Kier alpha value is -1.43. The quantitative estimate of drug-likeness (QED) is 0.825. The molecule has 0 aromatic carbocycles. The molecule has 0 radical (unpaired) electrons. The fourth-order valence-electron chi connectivity index (χ4n) is 2.33. The standard InChI is InChI=1S/C11H18N4O2/c1-8-13-10(17-15-8)14-9(16)11(7-12)5-3-2-4-6-11/h2-7,12H2,1H3,(H,13,14,15,16). The van der Waals surface area contributed by atoms with Gasteiger partial charge in [-0.25, -0.2) is 0 Å². The first-order chi connectivity index (χ1) is 8.16. The molecule has 94 valence electrons. The summed E-state index contributed by atoms with van der Waals surface area (Å²) in [5.41, 5.74) is 5.31. The molecule has 1 amide bonds. The van der Waals surface area contributed by atoms with E-state index in [0.717, 1.165) is 25.7 Å². The van der Waals surface area contributed by atoms with Crippen molar-refractivity contribution >= 4 is 11.9 Å². The highest BCUT2D eigenvalue weighted by Crippen LogP contribution is 2.36. The van der Waals surface area contributed by atoms with E-state index in [1.807, 2.05) is 0 Å². The van der Waals surface area contributed by atoms with Crippen molar-refractivity contribution in [1.29, 1.82) is 0 Å². The molecule has 1 saturated carbocycles. The van der Waals surface area contributed by atoms with Crippen molar-refractivity contribution in [3.63, 3.8) is 0 Å². The van der Waals surface area contributed by atoms with Crippen LogP contribution in [0.15, 0.2) is 4.52 Å². The minimum Gasteiger partial charge on any atom is -0.329 e. The van der Waals surface area contributed by atoms with Gasteiger partial charge in [-0.2, -0.15) is 4.98 Å². The predicted molar refractivity (Wildman–Crippen MR) is 62.2 cm³/mol. The minimum absolute atomic E-state index is 0.0941. The van der Waals surface area contributed by atoms with Crippen LogP contribution in [0.25, 0.3) is 0 Å². The van der Waals surface area contributed by atoms with E-state index >= 15 is 0 Å². The third-order valence-corrected chi connectivity index (χ3v) is 3.43. The smallest absolute Gasteiger partial charge is 0.328 e. The highest BCUT2D eigenvalue weighted by molar-refractivity contribution is 5.93. The first kappa shape index (κ1) is 12.0. The average molecular weight is 238 g/mol. The van der Waals surface area contributed by atoms with Crippen LogP contribution in [-0.4, -0.2) is 22.6 Å². The van der Waals surface area contributed by atoms with Gasteiger partial charge in [-0.05, 0) is 19.8 Å². The van der Waals surface area contributed by atoms with Crippen LogP contribution in [0, 0.1) is 12.3 Å². The van der Waals surface area contributed by atoms with Crippen LogP contribution in [-0.2, 0) is 4.79 Å². The molecule has 0 atom stereocenters. The number of carbonyl (C=O) groups is 1. The Balaban J connectivity index is 2.07. The number of anilines is 1. The van der Waals surface area contributed by atoms with Gasteiger partial charge in [0.2, 0.25) is 5.91 Å². The largest absolute Gasteiger partial charge is 0.329 e. The van der Waals surface area contributed by atoms with Gasteiger partial charge in [0, 0.05) is 6.54 Å². The Morgan fingerprint density at radius 3 is 2.71 bits per heavy atom. The zero-order chi connectivity index (χ0) is 12.3. The number of nitrogens with two attached hydrogens (primary N) is 1. The van der Waals surface area contributed by atoms with E-state index in [1.165, 1.54) is 6.42 Å². The SMILES string of the molecule is Cc1noc(NC(=O)C2(CN)CCCCC2)n1. The van der Waals surface area contributed by atoms with Crippen LogP contribution in [0.1, 0.15) is 37.9 Å². The normalized spacial score (nSPS) is 18.9. The van der Waals surface area contributed by atoms with Gasteiger partial charge in [-0.15, -0.1) is 0 Å². The maximum atomic E-state index is 12.2. The zero-order valence-corrected chi connectivity index (χ0v) is 10.0. The Morgan fingerprint density at radius 1 is 1.47 bits per heavy atom. The molecule has 0 unspecified atom stereocenters. The van der Waals surface area contributed by atoms with Crippen LogP contribution in [0.4, 0.5) is 6.01 Å². The van der Waals surface area contributed by atoms with Crippen molar-refractivity contribution in [3.8, 4) is 0 Å². The Labute approximate surface area is 99.9 Å². The number of carbonyl (C=O) groups excluding carboxylic acids is 1. The van der Waals surface area contributed by atoms with Gasteiger partial charge in [-0.3, -0.25) is 10.1 Å². The van der Waals surface area contributed by atoms with E-state index in [9.17, 15) is 4.79 Å². The number of hydrogen-bond donors (Lipinski definition) is 2. The Kier molecular flexibility index (Phi) is 3.42. The zero-order valence-electron chi connectivity index (χ0n) is 10.0. The topological polar surface area (TPSA) is 94.0 Å². The summed E-state index contributed by atoms with van der Waals surface area (Å²) >= 11 is 0. The van der Waals surface area contributed by atoms with Crippen molar-refractivity contribution in [3.05, 3.63) is 5.82 Å². The second-order valence-electron chi connectivity index (χ2n) is 4.65. The van der Waals surface area contributed by atoms with Crippen LogP contribution in [0.3, 0.4) is 0 Å². The highest BCUT2D eigenvalue weighted by Gasteiger charge is 2.38. The number of aryl methyl sites for hydroxylation is 1. The Bertz CT molecular complexity index is 396. The monoisotopic (exact) mass is 238 g/mol. The van der Waals surface area contributed by atoms with Gasteiger partial charge in [0.15, 0.2) is 5.82 Å². The van der Waals surface area contributed by atoms with Crippen LogP contribution in [0.2, 0.25) is 0 Å². The summed E-state index contributed by atoms with van der Waals surface area (Å²) in [5.74, 6) is 0.411. The third-order valence-electron chi connectivity index (χ3n) is 3.43. The molecule has 1 aliphatic rings. The van der Waals surface area contributed by atoms with E-state index in [4.69, 9.17) is 10.3 Å². The van der Waals surface area contributed by atoms with E-state index in [-0.39, 0.29) is 11.9 Å². The first-order valence-corrected chi connectivity index (χ1v) is 5.98. The molecule has 1 aliphatic carbocycles. The van der Waals surface area contributed by atoms with Crippen LogP contribution < -0.4 is 11.1 Å². The molecule has 0 saturated heterocycles. The molecule has 1 aromatic rings. The molecule has 3 N–H and O–H groups in total. The summed E-state index contributed by atoms with van der Waals surface area (Å²) in [4.78, 5) is 16.2. The molecule has 2 rings (SSSR count). The molecule has 1 heterocycles. The van der Waals surface area contributed by atoms with Crippen molar-refractivity contribution in [2.24, 2.45) is 11.1 Å². The molecule has 6 heteroatoms. The summed E-state index contributed by atoms with van der Waals surface area (Å²) in [6.07, 6.45) is 4.95. The first-order valence-electron chi connectivity index (χ1n) is 5.98. The van der Waals surface area contributed by atoms with Gasteiger partial charge in [0.05, 0.1) is 5.41 Å². The van der Waals surface area contributed by atoms with E-state index in [0.29, 0.717) is 12.4 Å². The summed E-state index contributed by atoms with van der Waals surface area (Å²) in [7, 11) is 0. The van der Waals surface area contributed by atoms with Gasteiger partial charge in [0.25, 0.3) is 0 Å². The fourth-order valence-corrected chi connectivity index (χ4v) is 2.33. The van der Waals surface area contributed by atoms with Gasteiger partial charge in [0.1, 0.15) is 0 Å². The van der Waals surface area contributed by atoms with E-state index in [1.54, 1.807) is 6.92 Å². The van der Waals surface area contributed by atoms with Crippen LogP contribution >= 0.6 is 0 Å². The summed E-state index contributed by atoms with van der Waals surface area (Å²) in [6, 6.07) is 0.158. The number of rotatable bonds is 3. The van der Waals surface area contributed by atoms with Gasteiger partial charge < -0.3 is 10.3 Å². The van der Waals surface area contributed by atoms with Gasteiger partial charge >= 0.3 is 6.01 Å². The molecule has 6 nitrogen and oxygen atoms in total. The molecule has 1 aromatic heterocycles. The minimum atomic E-state index is -0.458. The number of aromatic nitrogens is 2. The van der Waals surface area contributed by atoms with Crippen molar-refractivity contribution in [2.75, 3.05) is 11.9 Å². The molecule has 1 fully saturated rings. The highest BCUT2D eigenvalue weighted by atomic mass is 16.5. The lowest BCUT2D eigenvalue weighted by molar-refractivity contribution is -0.127. The lowest BCUT2D eigenvalue weighted by Crippen LogP contribution is -2.43. The summed E-state index contributed by atoms with van der Waals surface area (Å²) in [6.45, 7) is 2.07. The maximum absolute atomic E-state index is 12.2.